The Bertz CT molecular complexity index is 857. The molecule has 3 aromatic carbocycles. The monoisotopic (exact) mass is 454 g/mol. The molecular weight excluding hydrogens is 420 g/mol. The van der Waals surface area contributed by atoms with Crippen molar-refractivity contribution in [3.05, 3.63) is 90.0 Å². The smallest absolute Gasteiger partial charge is 0.394 e. The van der Waals surface area contributed by atoms with Gasteiger partial charge in [0.2, 0.25) is 0 Å². The lowest BCUT2D eigenvalue weighted by Gasteiger charge is -2.28. The molecule has 31 heavy (non-hydrogen) atoms. The standard InChI is InChI=1S/C16H20O2Si.C9H14O2Si/c1-13-5-9-15(10-6-13)19(17-3,18-4)16-11-7-14(2)8-12-16;1-10-12(3,11-2)9-7-5-4-6-8-9/h5-12H,1-4H3;4-8H,1-3H3. The van der Waals surface area contributed by atoms with E-state index in [2.05, 4.69) is 62.4 Å². The summed E-state index contributed by atoms with van der Waals surface area (Å²) in [5, 5.41) is 3.42. The molecule has 3 rings (SSSR count). The van der Waals surface area contributed by atoms with Crippen molar-refractivity contribution in [1.29, 1.82) is 0 Å². The molecule has 3 aromatic rings. The minimum atomic E-state index is -2.54. The number of rotatable bonds is 7. The normalized spacial score (nSPS) is 11.6. The van der Waals surface area contributed by atoms with Crippen molar-refractivity contribution in [2.45, 2.75) is 20.4 Å². The maximum atomic E-state index is 5.86. The first-order valence-electron chi connectivity index (χ1n) is 10.3. The molecule has 0 aliphatic rings. The average Bonchev–Trinajstić information content (AvgIpc) is 2.82. The SMILES string of the molecule is CO[Si](C)(OC)c1ccccc1.CO[Si](OC)(c1ccc(C)cc1)c1ccc(C)cc1. The van der Waals surface area contributed by atoms with Crippen LogP contribution in [0, 0.1) is 13.8 Å². The second-order valence-electron chi connectivity index (χ2n) is 7.48. The summed E-state index contributed by atoms with van der Waals surface area (Å²) >= 11 is 0. The number of benzene rings is 3. The van der Waals surface area contributed by atoms with Gasteiger partial charge in [-0.3, -0.25) is 0 Å². The van der Waals surface area contributed by atoms with Gasteiger partial charge < -0.3 is 17.7 Å². The summed E-state index contributed by atoms with van der Waals surface area (Å²) in [4.78, 5) is 0. The summed E-state index contributed by atoms with van der Waals surface area (Å²) in [6.07, 6.45) is 0. The summed E-state index contributed by atoms with van der Waals surface area (Å²) < 4.78 is 22.5. The highest BCUT2D eigenvalue weighted by Gasteiger charge is 2.40. The first-order chi connectivity index (χ1) is 14.8. The van der Waals surface area contributed by atoms with E-state index in [4.69, 9.17) is 17.7 Å². The van der Waals surface area contributed by atoms with E-state index >= 15 is 0 Å². The molecule has 0 atom stereocenters. The van der Waals surface area contributed by atoms with E-state index in [1.54, 1.807) is 28.4 Å². The van der Waals surface area contributed by atoms with E-state index in [0.29, 0.717) is 0 Å². The van der Waals surface area contributed by atoms with Crippen LogP contribution in [0.25, 0.3) is 0 Å². The second-order valence-corrected chi connectivity index (χ2v) is 14.0. The lowest BCUT2D eigenvalue weighted by atomic mass is 10.2. The third kappa shape index (κ3) is 6.00. The van der Waals surface area contributed by atoms with E-state index in [0.717, 1.165) is 15.6 Å². The van der Waals surface area contributed by atoms with E-state index in [1.165, 1.54) is 11.1 Å². The van der Waals surface area contributed by atoms with Crippen molar-refractivity contribution in [3.63, 3.8) is 0 Å². The Morgan fingerprint density at radius 2 is 0.871 bits per heavy atom. The van der Waals surface area contributed by atoms with Gasteiger partial charge in [0.1, 0.15) is 0 Å². The number of aryl methyl sites for hydroxylation is 2. The molecule has 4 nitrogen and oxygen atoms in total. The maximum absolute atomic E-state index is 5.86. The van der Waals surface area contributed by atoms with Gasteiger partial charge in [0.15, 0.2) is 0 Å². The van der Waals surface area contributed by atoms with Crippen LogP contribution in [-0.2, 0) is 17.7 Å². The molecule has 6 heteroatoms. The predicted molar refractivity (Wildman–Crippen MR) is 133 cm³/mol. The Hall–Kier alpha value is -2.07. The lowest BCUT2D eigenvalue weighted by molar-refractivity contribution is 0.265. The van der Waals surface area contributed by atoms with Crippen LogP contribution in [0.3, 0.4) is 0 Å². The molecular formula is C25H34O4Si2. The van der Waals surface area contributed by atoms with E-state index in [9.17, 15) is 0 Å². The minimum absolute atomic E-state index is 1.13. The van der Waals surface area contributed by atoms with Gasteiger partial charge in [0.25, 0.3) is 0 Å². The molecule has 0 aliphatic carbocycles. The second kappa shape index (κ2) is 11.5. The summed E-state index contributed by atoms with van der Waals surface area (Å²) in [6.45, 7) is 6.19. The summed E-state index contributed by atoms with van der Waals surface area (Å²) in [6, 6.07) is 26.9. The molecule has 0 radical (unpaired) electrons. The fourth-order valence-corrected chi connectivity index (χ4v) is 7.42. The highest BCUT2D eigenvalue weighted by atomic mass is 28.4. The van der Waals surface area contributed by atoms with Crippen LogP contribution in [0.15, 0.2) is 78.9 Å². The van der Waals surface area contributed by atoms with Gasteiger partial charge in [0, 0.05) is 28.4 Å². The average molecular weight is 455 g/mol. The van der Waals surface area contributed by atoms with E-state index in [-0.39, 0.29) is 0 Å². The van der Waals surface area contributed by atoms with Crippen LogP contribution in [0.2, 0.25) is 6.55 Å². The molecule has 166 valence electrons. The number of hydrogen-bond acceptors (Lipinski definition) is 4. The Morgan fingerprint density at radius 1 is 0.484 bits per heavy atom. The first kappa shape index (κ1) is 25.2. The molecule has 0 fully saturated rings. The van der Waals surface area contributed by atoms with Gasteiger partial charge in [-0.05, 0) is 36.0 Å². The topological polar surface area (TPSA) is 36.9 Å². The van der Waals surface area contributed by atoms with Crippen molar-refractivity contribution in [1.82, 2.24) is 0 Å². The Kier molecular flexibility index (Phi) is 9.37. The van der Waals surface area contributed by atoms with Crippen LogP contribution in [-0.4, -0.2) is 45.6 Å². The zero-order valence-electron chi connectivity index (χ0n) is 19.6. The quantitative estimate of drug-likeness (QED) is 0.513. The molecule has 0 amide bonds. The van der Waals surface area contributed by atoms with Crippen LogP contribution in [0.5, 0.6) is 0 Å². The molecule has 0 heterocycles. The largest absolute Gasteiger partial charge is 0.406 e. The maximum Gasteiger partial charge on any atom is 0.406 e. The van der Waals surface area contributed by atoms with Gasteiger partial charge in [-0.15, -0.1) is 0 Å². The first-order valence-corrected chi connectivity index (χ1v) is 14.4. The van der Waals surface area contributed by atoms with Crippen molar-refractivity contribution in [2.75, 3.05) is 28.4 Å². The van der Waals surface area contributed by atoms with Crippen LogP contribution in [0.1, 0.15) is 11.1 Å². The molecule has 0 spiro atoms. The van der Waals surface area contributed by atoms with Crippen molar-refractivity contribution < 1.29 is 17.7 Å². The zero-order chi connectivity index (χ0) is 22.9. The van der Waals surface area contributed by atoms with Crippen molar-refractivity contribution in [3.8, 4) is 0 Å². The Labute approximate surface area is 189 Å². The van der Waals surface area contributed by atoms with Crippen molar-refractivity contribution in [2.24, 2.45) is 0 Å². The van der Waals surface area contributed by atoms with Gasteiger partial charge in [-0.25, -0.2) is 0 Å². The predicted octanol–water partition coefficient (Wildman–Crippen LogP) is 3.41. The molecule has 0 bridgehead atoms. The van der Waals surface area contributed by atoms with Gasteiger partial charge >= 0.3 is 17.1 Å². The van der Waals surface area contributed by atoms with Gasteiger partial charge in [0.05, 0.1) is 0 Å². The van der Waals surface area contributed by atoms with Crippen molar-refractivity contribution >= 4 is 32.7 Å². The van der Waals surface area contributed by atoms with Crippen LogP contribution >= 0.6 is 0 Å². The third-order valence-corrected chi connectivity index (χ3v) is 11.8. The minimum Gasteiger partial charge on any atom is -0.394 e. The molecule has 0 aromatic heterocycles. The highest BCUT2D eigenvalue weighted by Crippen LogP contribution is 2.09. The third-order valence-electron chi connectivity index (χ3n) is 5.52. The Morgan fingerprint density at radius 3 is 1.19 bits per heavy atom. The van der Waals surface area contributed by atoms with E-state index in [1.807, 2.05) is 36.9 Å². The summed E-state index contributed by atoms with van der Waals surface area (Å²) in [7, 11) is 2.24. The van der Waals surface area contributed by atoms with E-state index < -0.39 is 17.1 Å². The highest BCUT2D eigenvalue weighted by molar-refractivity contribution is 6.92. The fourth-order valence-electron chi connectivity index (χ4n) is 3.33. The fraction of sp³-hybridized carbons (Fsp3) is 0.280. The Balaban J connectivity index is 0.000000245. The summed E-state index contributed by atoms with van der Waals surface area (Å²) in [5.41, 5.74) is 2.48. The zero-order valence-corrected chi connectivity index (χ0v) is 21.6. The lowest BCUT2D eigenvalue weighted by Crippen LogP contribution is -2.62. The molecule has 0 unspecified atom stereocenters. The van der Waals surface area contributed by atoms with Gasteiger partial charge in [-0.1, -0.05) is 90.0 Å². The van der Waals surface area contributed by atoms with Crippen LogP contribution in [0.4, 0.5) is 0 Å². The molecule has 0 saturated carbocycles. The molecule has 0 saturated heterocycles. The molecule has 0 aliphatic heterocycles. The van der Waals surface area contributed by atoms with Crippen LogP contribution < -0.4 is 15.6 Å². The van der Waals surface area contributed by atoms with Gasteiger partial charge in [-0.2, -0.15) is 0 Å². The number of hydrogen-bond donors (Lipinski definition) is 0. The molecule has 0 N–H and O–H groups in total. The summed E-state index contributed by atoms with van der Waals surface area (Å²) in [5.74, 6) is 0.